The van der Waals surface area contributed by atoms with E-state index in [-0.39, 0.29) is 13.2 Å². The minimum Gasteiger partial charge on any atom is -0.366 e. The van der Waals surface area contributed by atoms with Crippen molar-refractivity contribution in [2.45, 2.75) is 25.1 Å². The second kappa shape index (κ2) is 6.34. The van der Waals surface area contributed by atoms with Crippen LogP contribution in [0.1, 0.15) is 12.0 Å². The molecule has 1 fully saturated rings. The third-order valence-electron chi connectivity index (χ3n) is 3.18. The number of hydrogen-bond acceptors (Lipinski definition) is 3. The van der Waals surface area contributed by atoms with Crippen LogP contribution >= 0.6 is 0 Å². The van der Waals surface area contributed by atoms with Gasteiger partial charge in [-0.05, 0) is 31.0 Å². The van der Waals surface area contributed by atoms with Crippen molar-refractivity contribution in [3.8, 4) is 0 Å². The third kappa shape index (κ3) is 4.47. The lowest BCUT2D eigenvalue weighted by Gasteiger charge is -2.33. The largest absolute Gasteiger partial charge is 0.415 e. The highest BCUT2D eigenvalue weighted by molar-refractivity contribution is 5.08. The number of nitrogens with zero attached hydrogens (tertiary/aromatic N) is 2. The van der Waals surface area contributed by atoms with Crippen LogP contribution in [0, 0.1) is 0 Å². The molecule has 2 heterocycles. The van der Waals surface area contributed by atoms with Crippen LogP contribution < -0.4 is 0 Å². The molecule has 6 heteroatoms. The molecule has 2 rings (SSSR count). The van der Waals surface area contributed by atoms with Crippen molar-refractivity contribution in [3.63, 3.8) is 0 Å². The molecule has 0 saturated carbocycles. The van der Waals surface area contributed by atoms with E-state index in [9.17, 15) is 13.2 Å². The normalized spacial score (nSPS) is 21.5. The second-order valence-corrected chi connectivity index (χ2v) is 4.67. The fraction of sp³-hybridized carbons (Fsp3) is 0.615. The van der Waals surface area contributed by atoms with Gasteiger partial charge < -0.3 is 4.74 Å². The summed E-state index contributed by atoms with van der Waals surface area (Å²) < 4.78 is 42.4. The smallest absolute Gasteiger partial charge is 0.366 e. The number of alkyl halides is 3. The van der Waals surface area contributed by atoms with Gasteiger partial charge in [0.05, 0.1) is 6.61 Å². The summed E-state index contributed by atoms with van der Waals surface area (Å²) in [7, 11) is 0. The molecule has 1 atom stereocenters. The lowest BCUT2D eigenvalue weighted by atomic mass is 10.1. The van der Waals surface area contributed by atoms with Gasteiger partial charge in [0, 0.05) is 25.5 Å². The van der Waals surface area contributed by atoms with Gasteiger partial charge in [-0.25, -0.2) is 0 Å². The van der Waals surface area contributed by atoms with E-state index in [4.69, 9.17) is 4.74 Å². The van der Waals surface area contributed by atoms with Gasteiger partial charge in [0.25, 0.3) is 0 Å². The molecule has 1 aromatic heterocycles. The number of morpholine rings is 1. The van der Waals surface area contributed by atoms with Crippen molar-refractivity contribution in [1.82, 2.24) is 9.88 Å². The number of hydrogen-bond donors (Lipinski definition) is 0. The average Bonchev–Trinajstić information content (AvgIpc) is 2.39. The van der Waals surface area contributed by atoms with E-state index in [0.717, 1.165) is 18.4 Å². The van der Waals surface area contributed by atoms with Crippen LogP contribution in [0.4, 0.5) is 13.2 Å². The monoisotopic (exact) mass is 274 g/mol. The molecule has 0 N–H and O–H groups in total. The molecule has 0 bridgehead atoms. The minimum atomic E-state index is -4.26. The zero-order valence-corrected chi connectivity index (χ0v) is 10.6. The van der Waals surface area contributed by atoms with Crippen molar-refractivity contribution < 1.29 is 17.9 Å². The van der Waals surface area contributed by atoms with Crippen LogP contribution in [0.25, 0.3) is 0 Å². The predicted octanol–water partition coefficient (Wildman–Crippen LogP) is 2.28. The lowest BCUT2D eigenvalue weighted by Crippen LogP contribution is -2.49. The molecule has 0 aromatic carbocycles. The van der Waals surface area contributed by atoms with Crippen molar-refractivity contribution in [2.24, 2.45) is 0 Å². The van der Waals surface area contributed by atoms with Gasteiger partial charge in [-0.3, -0.25) is 9.88 Å². The van der Waals surface area contributed by atoms with Crippen LogP contribution in [0.3, 0.4) is 0 Å². The van der Waals surface area contributed by atoms with Gasteiger partial charge >= 0.3 is 6.18 Å². The molecule has 106 valence electrons. The van der Waals surface area contributed by atoms with Gasteiger partial charge in [0.15, 0.2) is 6.10 Å². The van der Waals surface area contributed by atoms with Gasteiger partial charge in [-0.1, -0.05) is 6.07 Å². The highest BCUT2D eigenvalue weighted by atomic mass is 19.4. The predicted molar refractivity (Wildman–Crippen MR) is 64.8 cm³/mol. The fourth-order valence-corrected chi connectivity index (χ4v) is 2.16. The van der Waals surface area contributed by atoms with Gasteiger partial charge in [-0.15, -0.1) is 0 Å². The van der Waals surface area contributed by atoms with Crippen LogP contribution in [0.2, 0.25) is 0 Å². The number of pyridine rings is 1. The Kier molecular flexibility index (Phi) is 4.76. The molecule has 1 aromatic rings. The maximum absolute atomic E-state index is 12.5. The molecular formula is C13H17F3N2O. The standard InChI is InChI=1S/C13H17F3N2O/c14-13(15,16)12-10-18(7-8-19-12)6-2-4-11-3-1-5-17-9-11/h1,3,5,9,12H,2,4,6-8,10H2. The van der Waals surface area contributed by atoms with Crippen molar-refractivity contribution >= 4 is 0 Å². The average molecular weight is 274 g/mol. The third-order valence-corrected chi connectivity index (χ3v) is 3.18. The minimum absolute atomic E-state index is 0.0590. The Morgan fingerprint density at radius 2 is 2.26 bits per heavy atom. The highest BCUT2D eigenvalue weighted by Gasteiger charge is 2.43. The molecule has 0 amide bonds. The Labute approximate surface area is 110 Å². The van der Waals surface area contributed by atoms with Crippen LogP contribution in [0.5, 0.6) is 0 Å². The fourth-order valence-electron chi connectivity index (χ4n) is 2.16. The summed E-state index contributed by atoms with van der Waals surface area (Å²) in [6, 6.07) is 3.84. The van der Waals surface area contributed by atoms with Crippen LogP contribution in [-0.2, 0) is 11.2 Å². The molecule has 0 spiro atoms. The van der Waals surface area contributed by atoms with Gasteiger partial charge in [-0.2, -0.15) is 13.2 Å². The summed E-state index contributed by atoms with van der Waals surface area (Å²) in [6.45, 7) is 1.32. The zero-order valence-electron chi connectivity index (χ0n) is 10.6. The summed E-state index contributed by atoms with van der Waals surface area (Å²) in [5.41, 5.74) is 1.11. The number of rotatable bonds is 4. The van der Waals surface area contributed by atoms with E-state index >= 15 is 0 Å². The number of ether oxygens (including phenoxy) is 1. The number of aryl methyl sites for hydroxylation is 1. The number of halogens is 3. The SMILES string of the molecule is FC(F)(F)C1CN(CCCc2cccnc2)CCO1. The number of aromatic nitrogens is 1. The maximum Gasteiger partial charge on any atom is 0.415 e. The zero-order chi connectivity index (χ0) is 13.7. The molecule has 1 aliphatic heterocycles. The molecule has 3 nitrogen and oxygen atoms in total. The Bertz CT molecular complexity index is 383. The Morgan fingerprint density at radius 3 is 2.95 bits per heavy atom. The van der Waals surface area contributed by atoms with Crippen LogP contribution in [0.15, 0.2) is 24.5 Å². The van der Waals surface area contributed by atoms with E-state index in [1.54, 1.807) is 12.4 Å². The van der Waals surface area contributed by atoms with E-state index in [2.05, 4.69) is 4.98 Å². The first-order chi connectivity index (χ1) is 9.05. The molecular weight excluding hydrogens is 257 g/mol. The van der Waals surface area contributed by atoms with E-state index in [0.29, 0.717) is 13.1 Å². The highest BCUT2D eigenvalue weighted by Crippen LogP contribution is 2.25. The molecule has 1 saturated heterocycles. The van der Waals surface area contributed by atoms with Gasteiger partial charge in [0.1, 0.15) is 0 Å². The first-order valence-electron chi connectivity index (χ1n) is 6.35. The van der Waals surface area contributed by atoms with Crippen molar-refractivity contribution in [3.05, 3.63) is 30.1 Å². The molecule has 0 aliphatic carbocycles. The molecule has 0 radical (unpaired) electrons. The topological polar surface area (TPSA) is 25.4 Å². The first-order valence-corrected chi connectivity index (χ1v) is 6.35. The molecule has 1 unspecified atom stereocenters. The first kappa shape index (κ1) is 14.3. The van der Waals surface area contributed by atoms with Crippen molar-refractivity contribution in [1.29, 1.82) is 0 Å². The summed E-state index contributed by atoms with van der Waals surface area (Å²) >= 11 is 0. The van der Waals surface area contributed by atoms with E-state index in [1.165, 1.54) is 0 Å². The lowest BCUT2D eigenvalue weighted by molar-refractivity contribution is -0.237. The Hall–Kier alpha value is -1.14. The summed E-state index contributed by atoms with van der Waals surface area (Å²) in [5, 5.41) is 0. The molecule has 1 aliphatic rings. The molecule has 19 heavy (non-hydrogen) atoms. The summed E-state index contributed by atoms with van der Waals surface area (Å²) in [6.07, 6.45) is -0.739. The summed E-state index contributed by atoms with van der Waals surface area (Å²) in [4.78, 5) is 5.83. The van der Waals surface area contributed by atoms with E-state index in [1.807, 2.05) is 17.0 Å². The maximum atomic E-state index is 12.5. The summed E-state index contributed by atoms with van der Waals surface area (Å²) in [5.74, 6) is 0. The second-order valence-electron chi connectivity index (χ2n) is 4.67. The van der Waals surface area contributed by atoms with Crippen molar-refractivity contribution in [2.75, 3.05) is 26.2 Å². The van der Waals surface area contributed by atoms with E-state index < -0.39 is 12.3 Å². The Balaban J connectivity index is 1.74. The van der Waals surface area contributed by atoms with Crippen LogP contribution in [-0.4, -0.2) is 48.4 Å². The van der Waals surface area contributed by atoms with Gasteiger partial charge in [0.2, 0.25) is 0 Å². The Morgan fingerprint density at radius 1 is 1.42 bits per heavy atom. The quantitative estimate of drug-likeness (QED) is 0.842.